The molecule has 0 spiro atoms. The Morgan fingerprint density at radius 2 is 2.00 bits per heavy atom. The maximum atomic E-state index is 13.9. The Balaban J connectivity index is 1.85. The highest BCUT2D eigenvalue weighted by atomic mass is 19.4. The zero-order valence-corrected chi connectivity index (χ0v) is 14.1. The number of rotatable bonds is 3. The summed E-state index contributed by atoms with van der Waals surface area (Å²) in [5.41, 5.74) is -0.723. The van der Waals surface area contributed by atoms with Crippen molar-refractivity contribution in [1.29, 1.82) is 0 Å². The summed E-state index contributed by atoms with van der Waals surface area (Å²) in [5, 5.41) is 22.8. The van der Waals surface area contributed by atoms with E-state index in [1.54, 1.807) is 0 Å². The summed E-state index contributed by atoms with van der Waals surface area (Å²) in [6.07, 6.45) is -4.92. The molecule has 2 heterocycles. The third-order valence-corrected chi connectivity index (χ3v) is 4.24. The molecule has 27 heavy (non-hydrogen) atoms. The molecule has 0 bridgehead atoms. The minimum atomic E-state index is -4.60. The molecule has 3 N–H and O–H groups in total. The second-order valence-corrected chi connectivity index (χ2v) is 6.21. The largest absolute Gasteiger partial charge is 0.507 e. The monoisotopic (exact) mass is 389 g/mol. The lowest BCUT2D eigenvalue weighted by molar-refractivity contribution is -0.137. The Hall–Kier alpha value is -2.56. The molecule has 146 valence electrons. The van der Waals surface area contributed by atoms with Crippen LogP contribution < -0.4 is 10.6 Å². The lowest BCUT2D eigenvalue weighted by Gasteiger charge is -2.32. The number of hydrogen-bond donors (Lipinski definition) is 3. The van der Waals surface area contributed by atoms with E-state index in [9.17, 15) is 27.1 Å². The van der Waals surface area contributed by atoms with Gasteiger partial charge in [-0.2, -0.15) is 13.2 Å². The molecule has 1 aromatic heterocycles. The van der Waals surface area contributed by atoms with Crippen molar-refractivity contribution >= 4 is 5.95 Å². The van der Waals surface area contributed by atoms with Crippen molar-refractivity contribution in [2.24, 2.45) is 0 Å². The first-order valence-corrected chi connectivity index (χ1v) is 8.05. The molecule has 2 aromatic rings. The molecule has 1 atom stereocenters. The molecule has 1 saturated heterocycles. The normalized spacial score (nSPS) is 19.7. The third-order valence-electron chi connectivity index (χ3n) is 4.24. The molecule has 0 unspecified atom stereocenters. The van der Waals surface area contributed by atoms with Crippen molar-refractivity contribution in [3.63, 3.8) is 0 Å². The standard InChI is InChI=1S/C16H16F5N5O/c1-8-13(10-3-2-9(6-11(10)27)16(19,20)21)25-26-14(23-8)24-12-7-22-5-4-15(12,17)18/h2-3,6,12,22,27H,4-5,7H2,1H3,(H,23,24,26)/t12-/m0/s1. The number of piperidine rings is 1. The number of benzene rings is 1. The number of alkyl halides is 5. The number of nitrogens with one attached hydrogen (secondary N) is 2. The van der Waals surface area contributed by atoms with Crippen LogP contribution in [0, 0.1) is 6.92 Å². The Morgan fingerprint density at radius 1 is 1.26 bits per heavy atom. The zero-order chi connectivity index (χ0) is 19.8. The van der Waals surface area contributed by atoms with Crippen LogP contribution in [0.25, 0.3) is 11.3 Å². The van der Waals surface area contributed by atoms with Gasteiger partial charge in [-0.15, -0.1) is 10.2 Å². The fraction of sp³-hybridized carbons (Fsp3) is 0.438. The number of nitrogens with zero attached hydrogens (tertiary/aromatic N) is 3. The molecule has 6 nitrogen and oxygen atoms in total. The van der Waals surface area contributed by atoms with E-state index in [0.29, 0.717) is 6.07 Å². The van der Waals surface area contributed by atoms with Crippen molar-refractivity contribution in [3.05, 3.63) is 29.5 Å². The van der Waals surface area contributed by atoms with E-state index in [1.165, 1.54) is 6.92 Å². The van der Waals surface area contributed by atoms with Gasteiger partial charge in [0.25, 0.3) is 5.92 Å². The first-order chi connectivity index (χ1) is 12.6. The minimum absolute atomic E-state index is 0.0108. The smallest absolute Gasteiger partial charge is 0.416 e. The molecule has 11 heteroatoms. The number of phenolic OH excluding ortho intramolecular Hbond substituents is 1. The van der Waals surface area contributed by atoms with Gasteiger partial charge in [-0.05, 0) is 25.1 Å². The first kappa shape index (κ1) is 19.2. The van der Waals surface area contributed by atoms with Crippen molar-refractivity contribution in [3.8, 4) is 17.0 Å². The predicted octanol–water partition coefficient (Wildman–Crippen LogP) is 2.98. The molecule has 1 aromatic carbocycles. The molecular formula is C16H16F5N5O. The highest BCUT2D eigenvalue weighted by molar-refractivity contribution is 5.69. The average Bonchev–Trinajstić information content (AvgIpc) is 2.56. The SMILES string of the molecule is Cc1nc(N[C@H]2CNCCC2(F)F)nnc1-c1ccc(C(F)(F)F)cc1O. The van der Waals surface area contributed by atoms with E-state index >= 15 is 0 Å². The number of aromatic nitrogens is 3. The van der Waals surface area contributed by atoms with Gasteiger partial charge in [0.05, 0.1) is 11.3 Å². The van der Waals surface area contributed by atoms with Gasteiger partial charge >= 0.3 is 6.18 Å². The van der Waals surface area contributed by atoms with Gasteiger partial charge < -0.3 is 15.7 Å². The molecule has 0 amide bonds. The number of aromatic hydroxyl groups is 1. The second kappa shape index (κ2) is 6.87. The Labute approximate surface area is 150 Å². The lowest BCUT2D eigenvalue weighted by atomic mass is 10.0. The maximum absolute atomic E-state index is 13.9. The first-order valence-electron chi connectivity index (χ1n) is 8.05. The molecule has 0 aliphatic carbocycles. The van der Waals surface area contributed by atoms with Crippen molar-refractivity contribution < 1.29 is 27.1 Å². The summed E-state index contributed by atoms with van der Waals surface area (Å²) >= 11 is 0. The molecule has 0 saturated carbocycles. The predicted molar refractivity (Wildman–Crippen MR) is 86.5 cm³/mol. The number of phenols is 1. The van der Waals surface area contributed by atoms with Gasteiger partial charge in [0.2, 0.25) is 5.95 Å². The highest BCUT2D eigenvalue weighted by Crippen LogP contribution is 2.36. The molecule has 1 aliphatic heterocycles. The van der Waals surface area contributed by atoms with Crippen molar-refractivity contribution in [1.82, 2.24) is 20.5 Å². The van der Waals surface area contributed by atoms with Gasteiger partial charge in [-0.3, -0.25) is 0 Å². The minimum Gasteiger partial charge on any atom is -0.507 e. The molecule has 0 radical (unpaired) electrons. The topological polar surface area (TPSA) is 83.0 Å². The van der Waals surface area contributed by atoms with Crippen LogP contribution in [0.15, 0.2) is 18.2 Å². The van der Waals surface area contributed by atoms with E-state index < -0.39 is 29.5 Å². The number of halogens is 5. The number of hydrogen-bond acceptors (Lipinski definition) is 6. The Kier molecular flexibility index (Phi) is 4.89. The van der Waals surface area contributed by atoms with Crippen LogP contribution in [-0.2, 0) is 6.18 Å². The van der Waals surface area contributed by atoms with Gasteiger partial charge in [-0.1, -0.05) is 0 Å². The quantitative estimate of drug-likeness (QED) is 0.701. The van der Waals surface area contributed by atoms with Crippen LogP contribution in [0.2, 0.25) is 0 Å². The van der Waals surface area contributed by atoms with Crippen LogP contribution in [-0.4, -0.2) is 45.3 Å². The van der Waals surface area contributed by atoms with Crippen LogP contribution in [0.4, 0.5) is 27.9 Å². The van der Waals surface area contributed by atoms with E-state index in [0.717, 1.165) is 12.1 Å². The average molecular weight is 389 g/mol. The van der Waals surface area contributed by atoms with Crippen molar-refractivity contribution in [2.75, 3.05) is 18.4 Å². The summed E-state index contributed by atoms with van der Waals surface area (Å²) in [7, 11) is 0. The lowest BCUT2D eigenvalue weighted by Crippen LogP contribution is -2.53. The molecular weight excluding hydrogens is 373 g/mol. The van der Waals surface area contributed by atoms with E-state index in [-0.39, 0.29) is 42.4 Å². The molecule has 3 rings (SSSR count). The Bertz CT molecular complexity index is 842. The van der Waals surface area contributed by atoms with Crippen LogP contribution in [0.3, 0.4) is 0 Å². The summed E-state index contributed by atoms with van der Waals surface area (Å²) in [6, 6.07) is 1.23. The maximum Gasteiger partial charge on any atom is 0.416 e. The summed E-state index contributed by atoms with van der Waals surface area (Å²) < 4.78 is 65.8. The summed E-state index contributed by atoms with van der Waals surface area (Å²) in [5.74, 6) is -3.70. The zero-order valence-electron chi connectivity index (χ0n) is 14.1. The van der Waals surface area contributed by atoms with Crippen LogP contribution >= 0.6 is 0 Å². The third kappa shape index (κ3) is 4.07. The molecule has 1 aliphatic rings. The Morgan fingerprint density at radius 3 is 2.59 bits per heavy atom. The van der Waals surface area contributed by atoms with Crippen LogP contribution in [0.1, 0.15) is 17.7 Å². The van der Waals surface area contributed by atoms with E-state index in [1.807, 2.05) is 0 Å². The van der Waals surface area contributed by atoms with E-state index in [2.05, 4.69) is 25.8 Å². The second-order valence-electron chi connectivity index (χ2n) is 6.21. The fourth-order valence-electron chi connectivity index (χ4n) is 2.76. The van der Waals surface area contributed by atoms with Crippen molar-refractivity contribution in [2.45, 2.75) is 31.5 Å². The van der Waals surface area contributed by atoms with Gasteiger partial charge in [0.1, 0.15) is 17.5 Å². The number of aryl methyl sites for hydroxylation is 1. The van der Waals surface area contributed by atoms with Gasteiger partial charge in [0.15, 0.2) is 0 Å². The van der Waals surface area contributed by atoms with Gasteiger partial charge in [-0.25, -0.2) is 13.8 Å². The number of anilines is 1. The summed E-state index contributed by atoms with van der Waals surface area (Å²) in [4.78, 5) is 4.04. The highest BCUT2D eigenvalue weighted by Gasteiger charge is 2.42. The van der Waals surface area contributed by atoms with Crippen LogP contribution in [0.5, 0.6) is 5.75 Å². The molecule has 1 fully saturated rings. The fourth-order valence-corrected chi connectivity index (χ4v) is 2.76. The van der Waals surface area contributed by atoms with Gasteiger partial charge in [0, 0.05) is 25.1 Å². The summed E-state index contributed by atoms with van der Waals surface area (Å²) in [6.45, 7) is 1.72. The van der Waals surface area contributed by atoms with E-state index in [4.69, 9.17) is 0 Å².